The van der Waals surface area contributed by atoms with E-state index in [-0.39, 0.29) is 33.5 Å². The number of imidazole rings is 1. The van der Waals surface area contributed by atoms with Crippen LogP contribution < -0.4 is 25.2 Å². The van der Waals surface area contributed by atoms with E-state index in [1.807, 2.05) is 18.2 Å². The van der Waals surface area contributed by atoms with Gasteiger partial charge in [-0.05, 0) is 24.6 Å². The van der Waals surface area contributed by atoms with Gasteiger partial charge in [-0.1, -0.05) is 18.5 Å². The number of carbonyl (C=O) groups is 2. The number of nitrogens with one attached hydrogen (secondary N) is 1. The Bertz CT molecular complexity index is 1520. The number of rotatable bonds is 4. The lowest BCUT2D eigenvalue weighted by atomic mass is 9.74. The minimum Gasteiger partial charge on any atom is -0.496 e. The molecule has 0 saturated heterocycles. The van der Waals surface area contributed by atoms with Gasteiger partial charge in [0.2, 0.25) is 17.2 Å². The number of carbonyl (C=O) groups excluding carboxylic acids is 2. The molecule has 0 fully saturated rings. The number of benzene rings is 2. The first kappa shape index (κ1) is 23.0. The van der Waals surface area contributed by atoms with Crippen molar-refractivity contribution in [1.82, 2.24) is 9.13 Å². The number of ether oxygens (including phenoxy) is 3. The molecule has 1 aliphatic carbocycles. The smallest absolute Gasteiger partial charge is 0.328 e. The number of aromatic nitrogens is 2. The van der Waals surface area contributed by atoms with Gasteiger partial charge in [-0.2, -0.15) is 0 Å². The van der Waals surface area contributed by atoms with E-state index in [2.05, 4.69) is 5.32 Å². The normalized spacial score (nSPS) is 21.2. The van der Waals surface area contributed by atoms with E-state index in [1.165, 1.54) is 26.4 Å². The number of anilines is 1. The van der Waals surface area contributed by atoms with Crippen LogP contribution in [0.4, 0.5) is 5.69 Å². The molecule has 1 spiro atoms. The molecule has 182 valence electrons. The van der Waals surface area contributed by atoms with Crippen LogP contribution in [0.25, 0.3) is 11.0 Å². The number of ketones is 2. The molecular formula is C25H24ClN3O6. The summed E-state index contributed by atoms with van der Waals surface area (Å²) in [5.74, 6) is -0.857. The van der Waals surface area contributed by atoms with Crippen LogP contribution in [-0.4, -0.2) is 40.5 Å². The predicted octanol–water partition coefficient (Wildman–Crippen LogP) is 3.47. The number of halogens is 1. The molecule has 1 aliphatic heterocycles. The molecule has 1 aromatic heterocycles. The lowest BCUT2D eigenvalue weighted by Crippen LogP contribution is -2.55. The van der Waals surface area contributed by atoms with Gasteiger partial charge >= 0.3 is 5.69 Å². The Balaban J connectivity index is 1.50. The highest BCUT2D eigenvalue weighted by Gasteiger charge is 2.60. The monoisotopic (exact) mass is 497 g/mol. The molecule has 0 bridgehead atoms. The number of allylic oxidation sites excluding steroid dienone is 1. The van der Waals surface area contributed by atoms with Gasteiger partial charge in [0.05, 0.1) is 25.3 Å². The maximum absolute atomic E-state index is 13.6. The minimum atomic E-state index is -1.73. The highest BCUT2D eigenvalue weighted by molar-refractivity contribution is 6.36. The largest absolute Gasteiger partial charge is 0.496 e. The molecule has 2 atom stereocenters. The average Bonchev–Trinajstić information content (AvgIpc) is 3.26. The number of aryl methyl sites for hydroxylation is 2. The van der Waals surface area contributed by atoms with Crippen molar-refractivity contribution >= 4 is 39.9 Å². The first-order chi connectivity index (χ1) is 16.6. The summed E-state index contributed by atoms with van der Waals surface area (Å²) in [7, 11) is 6.29. The number of Topliss-reactive ketones (excluding diaryl/α,β-unsaturated/α-hetero) is 1. The number of fused-ring (bicyclic) bond motifs is 2. The molecule has 2 aromatic carbocycles. The quantitative estimate of drug-likeness (QED) is 0.551. The van der Waals surface area contributed by atoms with Crippen LogP contribution in [0.5, 0.6) is 17.2 Å². The standard InChI is InChI=1S/C25H24ClN3O6/c1-12-8-14(27-13-6-7-15-16(9-13)29(3)24(32)28(15)2)10-19(30)25(12)23(31)20-17(33-4)11-18(34-5)21(26)22(20)35-25/h6-7,9-12,27H,8H2,1-5H3/t12-,25+/m1/s1. The van der Waals surface area contributed by atoms with Crippen LogP contribution in [0.15, 0.2) is 40.8 Å². The van der Waals surface area contributed by atoms with Crippen molar-refractivity contribution in [1.29, 1.82) is 0 Å². The summed E-state index contributed by atoms with van der Waals surface area (Å²) in [6.07, 6.45) is 1.77. The Labute approximate surface area is 205 Å². The van der Waals surface area contributed by atoms with Gasteiger partial charge in [-0.3, -0.25) is 18.7 Å². The number of methoxy groups -OCH3 is 2. The van der Waals surface area contributed by atoms with Gasteiger partial charge in [0.1, 0.15) is 22.1 Å². The van der Waals surface area contributed by atoms with Crippen molar-refractivity contribution in [3.63, 3.8) is 0 Å². The summed E-state index contributed by atoms with van der Waals surface area (Å²) in [6, 6.07) is 7.04. The topological polar surface area (TPSA) is 101 Å². The zero-order valence-electron chi connectivity index (χ0n) is 19.9. The highest BCUT2D eigenvalue weighted by atomic mass is 35.5. The molecule has 2 heterocycles. The van der Waals surface area contributed by atoms with E-state index < -0.39 is 23.1 Å². The summed E-state index contributed by atoms with van der Waals surface area (Å²) in [5, 5.41) is 3.38. The molecular weight excluding hydrogens is 474 g/mol. The summed E-state index contributed by atoms with van der Waals surface area (Å²) >= 11 is 6.43. The molecule has 2 aliphatic rings. The van der Waals surface area contributed by atoms with Gasteiger partial charge in [0.15, 0.2) is 5.75 Å². The number of hydrogen-bond donors (Lipinski definition) is 1. The molecule has 35 heavy (non-hydrogen) atoms. The van der Waals surface area contributed by atoms with E-state index in [1.54, 1.807) is 30.2 Å². The van der Waals surface area contributed by atoms with Gasteiger partial charge in [-0.15, -0.1) is 0 Å². The molecule has 0 radical (unpaired) electrons. The van der Waals surface area contributed by atoms with Crippen molar-refractivity contribution in [2.75, 3.05) is 19.5 Å². The van der Waals surface area contributed by atoms with Crippen LogP contribution in [-0.2, 0) is 18.9 Å². The number of hydrogen-bond acceptors (Lipinski definition) is 7. The van der Waals surface area contributed by atoms with Crippen molar-refractivity contribution in [3.8, 4) is 17.2 Å². The van der Waals surface area contributed by atoms with Crippen molar-refractivity contribution in [2.24, 2.45) is 20.0 Å². The average molecular weight is 498 g/mol. The van der Waals surface area contributed by atoms with Crippen LogP contribution in [0.1, 0.15) is 23.7 Å². The maximum Gasteiger partial charge on any atom is 0.328 e. The van der Waals surface area contributed by atoms with Crippen molar-refractivity contribution in [3.05, 3.63) is 57.1 Å². The van der Waals surface area contributed by atoms with Gasteiger partial charge in [0.25, 0.3) is 0 Å². The zero-order valence-corrected chi connectivity index (χ0v) is 20.6. The Morgan fingerprint density at radius 2 is 1.74 bits per heavy atom. The van der Waals surface area contributed by atoms with Crippen LogP contribution in [0, 0.1) is 5.92 Å². The summed E-state index contributed by atoms with van der Waals surface area (Å²) in [6.45, 7) is 1.79. The molecule has 9 nitrogen and oxygen atoms in total. The molecule has 0 saturated carbocycles. The Kier molecular flexibility index (Phi) is 5.21. The molecule has 0 unspecified atom stereocenters. The maximum atomic E-state index is 13.6. The van der Waals surface area contributed by atoms with Crippen molar-refractivity contribution < 1.29 is 23.8 Å². The third-order valence-corrected chi connectivity index (χ3v) is 7.24. The Morgan fingerprint density at radius 3 is 2.40 bits per heavy atom. The first-order valence-corrected chi connectivity index (χ1v) is 11.4. The van der Waals surface area contributed by atoms with E-state index in [9.17, 15) is 14.4 Å². The van der Waals surface area contributed by atoms with Gasteiger partial charge in [0, 0.05) is 43.5 Å². The number of nitrogens with zero attached hydrogens (tertiary/aromatic N) is 2. The van der Waals surface area contributed by atoms with Crippen LogP contribution in [0.2, 0.25) is 5.02 Å². The first-order valence-electron chi connectivity index (χ1n) is 11.0. The van der Waals surface area contributed by atoms with Gasteiger partial charge in [-0.25, -0.2) is 4.79 Å². The van der Waals surface area contributed by atoms with E-state index in [0.29, 0.717) is 12.1 Å². The minimum absolute atomic E-state index is 0.0910. The van der Waals surface area contributed by atoms with E-state index in [0.717, 1.165) is 16.7 Å². The molecule has 5 rings (SSSR count). The lowest BCUT2D eigenvalue weighted by Gasteiger charge is -2.35. The van der Waals surface area contributed by atoms with Crippen LogP contribution in [0.3, 0.4) is 0 Å². The van der Waals surface area contributed by atoms with Crippen LogP contribution >= 0.6 is 11.6 Å². The SMILES string of the molecule is COc1cc(OC)c2c(c1Cl)O[C@@]1(C(=O)C=C(Nc3ccc4c(c3)n(C)c(=O)n4C)C[C@H]1C)C2=O. The zero-order chi connectivity index (χ0) is 25.2. The molecule has 10 heteroatoms. The lowest BCUT2D eigenvalue weighted by molar-refractivity contribution is -0.129. The Hall–Kier alpha value is -3.72. The second-order valence-electron chi connectivity index (χ2n) is 8.83. The second kappa shape index (κ2) is 7.91. The summed E-state index contributed by atoms with van der Waals surface area (Å²) < 4.78 is 19.9. The fourth-order valence-electron chi connectivity index (χ4n) is 4.99. The summed E-state index contributed by atoms with van der Waals surface area (Å²) in [5.41, 5.74) is 1.20. The predicted molar refractivity (Wildman–Crippen MR) is 131 cm³/mol. The van der Waals surface area contributed by atoms with E-state index >= 15 is 0 Å². The molecule has 3 aromatic rings. The third kappa shape index (κ3) is 3.11. The summed E-state index contributed by atoms with van der Waals surface area (Å²) in [4.78, 5) is 39.3. The molecule has 0 amide bonds. The van der Waals surface area contributed by atoms with Gasteiger partial charge < -0.3 is 19.5 Å². The Morgan fingerprint density at radius 1 is 1.06 bits per heavy atom. The highest BCUT2D eigenvalue weighted by Crippen LogP contribution is 2.53. The fourth-order valence-corrected chi connectivity index (χ4v) is 5.25. The second-order valence-corrected chi connectivity index (χ2v) is 9.21. The molecule has 1 N–H and O–H groups in total. The fraction of sp³-hybridized carbons (Fsp3) is 0.320. The van der Waals surface area contributed by atoms with Crippen molar-refractivity contribution in [2.45, 2.75) is 18.9 Å². The third-order valence-electron chi connectivity index (χ3n) is 6.89. The van der Waals surface area contributed by atoms with E-state index in [4.69, 9.17) is 25.8 Å².